The second-order valence-electron chi connectivity index (χ2n) is 7.03. The van der Waals surface area contributed by atoms with E-state index >= 15 is 0 Å². The van der Waals surface area contributed by atoms with Gasteiger partial charge in [0.25, 0.3) is 0 Å². The predicted molar refractivity (Wildman–Crippen MR) is 96.4 cm³/mol. The van der Waals surface area contributed by atoms with Crippen LogP contribution in [0.3, 0.4) is 0 Å². The summed E-state index contributed by atoms with van der Waals surface area (Å²) in [5, 5.41) is 22.7. The van der Waals surface area contributed by atoms with Crippen molar-refractivity contribution in [3.8, 4) is 11.4 Å². The Morgan fingerprint density at radius 2 is 1.79 bits per heavy atom. The summed E-state index contributed by atoms with van der Waals surface area (Å²) >= 11 is 0. The normalized spacial score (nSPS) is 19.9. The molecule has 2 unspecified atom stereocenters. The van der Waals surface area contributed by atoms with Gasteiger partial charge < -0.3 is 5.11 Å². The lowest BCUT2D eigenvalue weighted by molar-refractivity contribution is -0.137. The number of aromatic nitrogens is 4. The highest BCUT2D eigenvalue weighted by molar-refractivity contribution is 5.60. The Kier molecular flexibility index (Phi) is 4.89. The fourth-order valence-corrected chi connectivity index (χ4v) is 3.59. The van der Waals surface area contributed by atoms with E-state index in [1.807, 2.05) is 24.3 Å². The van der Waals surface area contributed by atoms with Crippen molar-refractivity contribution in [2.75, 3.05) is 0 Å². The SMILES string of the molecule is OC1CCCC1n1nnc(-c2ccccc2Cc2ccc(C(F)(F)F)cc2)n1. The molecule has 1 N–H and O–H groups in total. The number of alkyl halides is 3. The Morgan fingerprint density at radius 1 is 1.04 bits per heavy atom. The van der Waals surface area contributed by atoms with Crippen LogP contribution in [0.15, 0.2) is 48.5 Å². The molecule has 0 saturated heterocycles. The second-order valence-corrected chi connectivity index (χ2v) is 7.03. The highest BCUT2D eigenvalue weighted by Crippen LogP contribution is 2.31. The highest BCUT2D eigenvalue weighted by Gasteiger charge is 2.30. The molecular weight excluding hydrogens is 369 g/mol. The Hall–Kier alpha value is -2.74. The molecule has 3 aromatic rings. The van der Waals surface area contributed by atoms with E-state index in [2.05, 4.69) is 15.4 Å². The molecule has 0 radical (unpaired) electrons. The summed E-state index contributed by atoms with van der Waals surface area (Å²) in [6.07, 6.45) is -1.90. The van der Waals surface area contributed by atoms with Crippen LogP contribution in [0.25, 0.3) is 11.4 Å². The van der Waals surface area contributed by atoms with E-state index in [0.717, 1.165) is 48.1 Å². The minimum atomic E-state index is -4.34. The van der Waals surface area contributed by atoms with Crippen LogP contribution in [-0.4, -0.2) is 31.4 Å². The lowest BCUT2D eigenvalue weighted by atomic mass is 9.98. The van der Waals surface area contributed by atoms with E-state index in [-0.39, 0.29) is 6.04 Å². The predicted octanol–water partition coefficient (Wildman–Crippen LogP) is 4.04. The van der Waals surface area contributed by atoms with Crippen molar-refractivity contribution in [3.05, 3.63) is 65.2 Å². The average Bonchev–Trinajstić information content (AvgIpc) is 3.31. The van der Waals surface area contributed by atoms with Crippen molar-refractivity contribution in [1.82, 2.24) is 20.2 Å². The van der Waals surface area contributed by atoms with Gasteiger partial charge in [-0.05, 0) is 54.2 Å². The van der Waals surface area contributed by atoms with Crippen LogP contribution < -0.4 is 0 Å². The summed E-state index contributed by atoms with van der Waals surface area (Å²) in [5.41, 5.74) is 1.78. The van der Waals surface area contributed by atoms with Gasteiger partial charge in [0, 0.05) is 5.56 Å². The van der Waals surface area contributed by atoms with E-state index in [1.165, 1.54) is 16.9 Å². The smallest absolute Gasteiger partial charge is 0.391 e. The number of aliphatic hydroxyl groups excluding tert-OH is 1. The van der Waals surface area contributed by atoms with E-state index in [9.17, 15) is 18.3 Å². The quantitative estimate of drug-likeness (QED) is 0.733. The molecule has 2 atom stereocenters. The zero-order valence-corrected chi connectivity index (χ0v) is 15.0. The third kappa shape index (κ3) is 3.77. The van der Waals surface area contributed by atoms with Crippen LogP contribution >= 0.6 is 0 Å². The van der Waals surface area contributed by atoms with Gasteiger partial charge in [-0.25, -0.2) is 0 Å². The van der Waals surface area contributed by atoms with E-state index in [4.69, 9.17) is 0 Å². The van der Waals surface area contributed by atoms with Gasteiger partial charge in [-0.1, -0.05) is 36.4 Å². The number of halogens is 3. The molecule has 28 heavy (non-hydrogen) atoms. The number of nitrogens with zero attached hydrogens (tertiary/aromatic N) is 4. The molecule has 1 aliphatic carbocycles. The largest absolute Gasteiger partial charge is 0.416 e. The summed E-state index contributed by atoms with van der Waals surface area (Å²) in [6.45, 7) is 0. The zero-order valence-electron chi connectivity index (χ0n) is 15.0. The van der Waals surface area contributed by atoms with Crippen molar-refractivity contribution in [2.24, 2.45) is 0 Å². The third-order valence-electron chi connectivity index (χ3n) is 5.10. The van der Waals surface area contributed by atoms with Crippen LogP contribution in [0.1, 0.15) is 42.0 Å². The van der Waals surface area contributed by atoms with Crippen LogP contribution in [0, 0.1) is 0 Å². The van der Waals surface area contributed by atoms with Gasteiger partial charge >= 0.3 is 6.18 Å². The number of rotatable bonds is 4. The second kappa shape index (κ2) is 7.35. The molecule has 0 amide bonds. The molecule has 1 heterocycles. The summed E-state index contributed by atoms with van der Waals surface area (Å²) in [7, 11) is 0. The average molecular weight is 388 g/mol. The summed E-state index contributed by atoms with van der Waals surface area (Å²) in [4.78, 5) is 1.47. The van der Waals surface area contributed by atoms with Crippen LogP contribution in [0.4, 0.5) is 13.2 Å². The van der Waals surface area contributed by atoms with Crippen molar-refractivity contribution in [3.63, 3.8) is 0 Å². The van der Waals surface area contributed by atoms with Gasteiger partial charge in [0.15, 0.2) is 0 Å². The highest BCUT2D eigenvalue weighted by atomic mass is 19.4. The van der Waals surface area contributed by atoms with E-state index < -0.39 is 17.8 Å². The third-order valence-corrected chi connectivity index (χ3v) is 5.10. The van der Waals surface area contributed by atoms with Gasteiger partial charge in [0.1, 0.15) is 0 Å². The standard InChI is InChI=1S/C20H19F3N4O/c21-20(22,23)15-10-8-13(9-11-15)12-14-4-1-2-5-16(14)19-24-26-27(25-19)17-6-3-7-18(17)28/h1-2,4-5,8-11,17-18,28H,3,6-7,12H2. The minimum absolute atomic E-state index is 0.164. The molecule has 146 valence electrons. The van der Waals surface area contributed by atoms with Crippen molar-refractivity contribution in [1.29, 1.82) is 0 Å². The lowest BCUT2D eigenvalue weighted by Crippen LogP contribution is -2.20. The zero-order chi connectivity index (χ0) is 19.7. The molecule has 0 spiro atoms. The lowest BCUT2D eigenvalue weighted by Gasteiger charge is -2.12. The molecule has 5 nitrogen and oxygen atoms in total. The molecule has 1 aliphatic rings. The maximum Gasteiger partial charge on any atom is 0.416 e. The minimum Gasteiger partial charge on any atom is -0.391 e. The van der Waals surface area contributed by atoms with E-state index in [1.54, 1.807) is 0 Å². The van der Waals surface area contributed by atoms with Gasteiger partial charge in [0.2, 0.25) is 5.82 Å². The van der Waals surface area contributed by atoms with Crippen LogP contribution in [0.5, 0.6) is 0 Å². The number of aliphatic hydroxyl groups is 1. The first-order valence-electron chi connectivity index (χ1n) is 9.14. The molecule has 0 aliphatic heterocycles. The molecular formula is C20H19F3N4O. The molecule has 0 bridgehead atoms. The number of hydrogen-bond donors (Lipinski definition) is 1. The van der Waals surface area contributed by atoms with Gasteiger partial charge in [-0.15, -0.1) is 10.2 Å². The Labute approximate surface area is 159 Å². The molecule has 4 rings (SSSR count). The van der Waals surface area contributed by atoms with Gasteiger partial charge in [0.05, 0.1) is 17.7 Å². The van der Waals surface area contributed by atoms with Gasteiger partial charge in [-0.3, -0.25) is 0 Å². The summed E-state index contributed by atoms with van der Waals surface area (Å²) in [6, 6.07) is 12.5. The van der Waals surface area contributed by atoms with Crippen molar-refractivity contribution >= 4 is 0 Å². The molecule has 8 heteroatoms. The summed E-state index contributed by atoms with van der Waals surface area (Å²) < 4.78 is 38.2. The Morgan fingerprint density at radius 3 is 2.46 bits per heavy atom. The van der Waals surface area contributed by atoms with Crippen molar-refractivity contribution < 1.29 is 18.3 Å². The molecule has 1 fully saturated rings. The fraction of sp³-hybridized carbons (Fsp3) is 0.350. The Bertz CT molecular complexity index is 953. The topological polar surface area (TPSA) is 63.8 Å². The van der Waals surface area contributed by atoms with Crippen molar-refractivity contribution in [2.45, 2.75) is 44.0 Å². The van der Waals surface area contributed by atoms with Crippen LogP contribution in [0.2, 0.25) is 0 Å². The molecule has 1 aromatic heterocycles. The maximum atomic E-state index is 12.7. The van der Waals surface area contributed by atoms with Gasteiger partial charge in [-0.2, -0.15) is 18.0 Å². The summed E-state index contributed by atoms with van der Waals surface area (Å²) in [5.74, 6) is 0.446. The molecule has 1 saturated carbocycles. The first kappa shape index (κ1) is 18.6. The molecule has 2 aromatic carbocycles. The fourth-order valence-electron chi connectivity index (χ4n) is 3.59. The van der Waals surface area contributed by atoms with E-state index in [0.29, 0.717) is 12.2 Å². The number of tetrazole rings is 1. The Balaban J connectivity index is 1.58. The number of hydrogen-bond acceptors (Lipinski definition) is 4. The maximum absolute atomic E-state index is 12.7. The monoisotopic (exact) mass is 388 g/mol. The first-order valence-corrected chi connectivity index (χ1v) is 9.14. The van der Waals surface area contributed by atoms with Crippen LogP contribution in [-0.2, 0) is 12.6 Å². The first-order chi connectivity index (χ1) is 13.4. The number of benzene rings is 2.